The van der Waals surface area contributed by atoms with E-state index >= 15 is 0 Å². The third-order valence-corrected chi connectivity index (χ3v) is 9.59. The first-order valence-electron chi connectivity index (χ1n) is 11.5. The molecule has 1 saturated heterocycles. The number of benzene rings is 1. The standard InChI is InChI=1S/C23H27IN8OS/c1-22(2,3)34(33)30-17-15-7-5-4-6-14(15)12-23(17)8-10-31(11-9-23)21-26-19-16(18(24)27-28-19)20-29-25-13-32(20)21/h4-7,13,17,30H,8-12H2,1-3H3,(H,27,28)/t17-,34-/m1/s1. The number of anilines is 1. The van der Waals surface area contributed by atoms with Gasteiger partial charge in [0.25, 0.3) is 0 Å². The van der Waals surface area contributed by atoms with Crippen molar-refractivity contribution in [2.24, 2.45) is 5.41 Å². The summed E-state index contributed by atoms with van der Waals surface area (Å²) in [6.45, 7) is 7.77. The summed E-state index contributed by atoms with van der Waals surface area (Å²) in [5.41, 5.74) is 4.19. The predicted octanol–water partition coefficient (Wildman–Crippen LogP) is 3.54. The van der Waals surface area contributed by atoms with Crippen molar-refractivity contribution in [1.82, 2.24) is 34.5 Å². The second kappa shape index (κ2) is 8.04. The lowest BCUT2D eigenvalue weighted by atomic mass is 9.73. The summed E-state index contributed by atoms with van der Waals surface area (Å²) >= 11 is 1.05. The number of rotatable bonds is 3. The summed E-state index contributed by atoms with van der Waals surface area (Å²) in [6, 6.07) is 8.70. The Kier molecular flexibility index (Phi) is 5.32. The van der Waals surface area contributed by atoms with Crippen LogP contribution >= 0.6 is 22.6 Å². The van der Waals surface area contributed by atoms with Crippen molar-refractivity contribution in [2.75, 3.05) is 18.0 Å². The van der Waals surface area contributed by atoms with E-state index in [0.717, 1.165) is 58.7 Å². The van der Waals surface area contributed by atoms with E-state index in [1.807, 2.05) is 25.2 Å². The lowest BCUT2D eigenvalue weighted by Crippen LogP contribution is -2.50. The van der Waals surface area contributed by atoms with Gasteiger partial charge in [-0.2, -0.15) is 10.1 Å². The molecule has 1 spiro atoms. The quantitative estimate of drug-likeness (QED) is 0.278. The summed E-state index contributed by atoms with van der Waals surface area (Å²) in [7, 11) is 0. The van der Waals surface area contributed by atoms with Gasteiger partial charge in [-0.05, 0) is 73.8 Å². The van der Waals surface area contributed by atoms with Crippen molar-refractivity contribution < 1.29 is 4.55 Å². The molecule has 0 bridgehead atoms. The highest BCUT2D eigenvalue weighted by Crippen LogP contribution is 2.52. The molecular weight excluding hydrogens is 563 g/mol. The Hall–Kier alpha value is -1.96. The summed E-state index contributed by atoms with van der Waals surface area (Å²) in [5.74, 6) is 0.834. The lowest BCUT2D eigenvalue weighted by Gasteiger charge is -2.44. The van der Waals surface area contributed by atoms with Gasteiger partial charge in [0.05, 0.1) is 11.4 Å². The minimum absolute atomic E-state index is 0.0286. The number of aromatic amines is 1. The van der Waals surface area contributed by atoms with Gasteiger partial charge >= 0.3 is 0 Å². The molecule has 11 heteroatoms. The molecule has 2 aliphatic rings. The average Bonchev–Trinajstić information content (AvgIpc) is 3.50. The third kappa shape index (κ3) is 3.50. The molecule has 178 valence electrons. The number of fused-ring (bicyclic) bond motifs is 4. The molecular formula is C23H27IN8OS. The molecule has 1 aliphatic heterocycles. The van der Waals surface area contributed by atoms with Gasteiger partial charge in [-0.25, -0.2) is 0 Å². The molecule has 34 heavy (non-hydrogen) atoms. The number of halogens is 1. The van der Waals surface area contributed by atoms with Crippen LogP contribution in [0.3, 0.4) is 0 Å². The van der Waals surface area contributed by atoms with Crippen LogP contribution in [0.2, 0.25) is 0 Å². The van der Waals surface area contributed by atoms with E-state index in [4.69, 9.17) is 4.98 Å². The molecule has 1 fully saturated rings. The molecule has 3 aromatic heterocycles. The highest BCUT2D eigenvalue weighted by molar-refractivity contribution is 14.1. The van der Waals surface area contributed by atoms with E-state index in [9.17, 15) is 4.55 Å². The van der Waals surface area contributed by atoms with Gasteiger partial charge in [0.2, 0.25) is 5.95 Å². The molecule has 2 N–H and O–H groups in total. The van der Waals surface area contributed by atoms with E-state index < -0.39 is 11.4 Å². The van der Waals surface area contributed by atoms with E-state index in [0.29, 0.717) is 0 Å². The Morgan fingerprint density at radius 1 is 1.24 bits per heavy atom. The number of hydrogen-bond donors (Lipinski definition) is 2. The molecule has 0 amide bonds. The molecule has 0 saturated carbocycles. The van der Waals surface area contributed by atoms with E-state index in [1.165, 1.54) is 11.1 Å². The maximum absolute atomic E-state index is 13.1. The van der Waals surface area contributed by atoms with Crippen molar-refractivity contribution >= 4 is 56.6 Å². The van der Waals surface area contributed by atoms with Crippen LogP contribution in [0.4, 0.5) is 5.95 Å². The van der Waals surface area contributed by atoms with Gasteiger partial charge < -0.3 is 9.45 Å². The Morgan fingerprint density at radius 2 is 2.00 bits per heavy atom. The number of hydrogen-bond acceptors (Lipinski definition) is 7. The van der Waals surface area contributed by atoms with E-state index in [2.05, 4.69) is 76.9 Å². The monoisotopic (exact) mass is 590 g/mol. The van der Waals surface area contributed by atoms with Crippen LogP contribution in [0.25, 0.3) is 16.7 Å². The molecule has 2 atom stereocenters. The van der Waals surface area contributed by atoms with Gasteiger partial charge in [0, 0.05) is 29.9 Å². The predicted molar refractivity (Wildman–Crippen MR) is 141 cm³/mol. The molecule has 4 aromatic rings. The highest BCUT2D eigenvalue weighted by atomic mass is 127. The first-order chi connectivity index (χ1) is 16.3. The zero-order valence-corrected chi connectivity index (χ0v) is 22.4. The van der Waals surface area contributed by atoms with Crippen LogP contribution in [-0.4, -0.2) is 52.2 Å². The molecule has 6 rings (SSSR count). The van der Waals surface area contributed by atoms with E-state index in [1.54, 1.807) is 6.33 Å². The highest BCUT2D eigenvalue weighted by Gasteiger charge is 2.50. The van der Waals surface area contributed by atoms with Crippen molar-refractivity contribution in [2.45, 2.75) is 50.8 Å². The minimum Gasteiger partial charge on any atom is -0.598 e. The fourth-order valence-corrected chi connectivity index (χ4v) is 6.96. The van der Waals surface area contributed by atoms with Gasteiger partial charge in [0.1, 0.15) is 14.8 Å². The molecule has 0 radical (unpaired) electrons. The van der Waals surface area contributed by atoms with Crippen LogP contribution in [0.5, 0.6) is 0 Å². The van der Waals surface area contributed by atoms with Crippen LogP contribution in [-0.2, 0) is 17.8 Å². The van der Waals surface area contributed by atoms with Gasteiger partial charge in [-0.15, -0.1) is 14.9 Å². The molecule has 4 heterocycles. The van der Waals surface area contributed by atoms with Crippen molar-refractivity contribution in [1.29, 1.82) is 0 Å². The van der Waals surface area contributed by atoms with Crippen LogP contribution in [0, 0.1) is 9.12 Å². The van der Waals surface area contributed by atoms with Gasteiger partial charge in [-0.3, -0.25) is 9.50 Å². The fraction of sp³-hybridized carbons (Fsp3) is 0.478. The van der Waals surface area contributed by atoms with Gasteiger partial charge in [-0.1, -0.05) is 24.3 Å². The summed E-state index contributed by atoms with van der Waals surface area (Å²) in [5, 5.41) is 16.7. The largest absolute Gasteiger partial charge is 0.598 e. The van der Waals surface area contributed by atoms with Crippen molar-refractivity contribution in [3.63, 3.8) is 0 Å². The van der Waals surface area contributed by atoms with E-state index in [-0.39, 0.29) is 16.2 Å². The van der Waals surface area contributed by atoms with Crippen LogP contribution < -0.4 is 9.62 Å². The Bertz CT molecular complexity index is 1370. The summed E-state index contributed by atoms with van der Waals surface area (Å²) in [6.07, 6.45) is 4.69. The average molecular weight is 590 g/mol. The SMILES string of the molecule is CC(C)(C)[S@@+]([O-])N[C@@H]1c2ccccc2CC12CCN(c1nc3[nH]nc(I)c3c3nncn13)CC2. The Labute approximate surface area is 214 Å². The number of piperidine rings is 1. The second-order valence-corrected chi connectivity index (χ2v) is 13.4. The Morgan fingerprint density at radius 3 is 2.76 bits per heavy atom. The minimum atomic E-state index is -1.14. The van der Waals surface area contributed by atoms with Gasteiger partial charge in [0.15, 0.2) is 11.3 Å². The van der Waals surface area contributed by atoms with Crippen LogP contribution in [0.1, 0.15) is 50.8 Å². The maximum atomic E-state index is 13.1. The first-order valence-corrected chi connectivity index (χ1v) is 13.7. The van der Waals surface area contributed by atoms with Crippen molar-refractivity contribution in [3.05, 3.63) is 45.4 Å². The number of nitrogens with zero attached hydrogens (tertiary/aromatic N) is 6. The maximum Gasteiger partial charge on any atom is 0.214 e. The molecule has 9 nitrogen and oxygen atoms in total. The lowest BCUT2D eigenvalue weighted by molar-refractivity contribution is 0.175. The number of nitrogens with one attached hydrogen (secondary N) is 2. The molecule has 0 unspecified atom stereocenters. The second-order valence-electron chi connectivity index (χ2n) is 10.3. The fourth-order valence-electron chi connectivity index (χ4n) is 5.40. The number of H-pyrrole nitrogens is 1. The first kappa shape index (κ1) is 22.5. The topological polar surface area (TPSA) is 110 Å². The summed E-state index contributed by atoms with van der Waals surface area (Å²) < 4.78 is 19.2. The summed E-state index contributed by atoms with van der Waals surface area (Å²) in [4.78, 5) is 7.21. The Balaban J connectivity index is 1.32. The van der Waals surface area contributed by atoms with Crippen LogP contribution in [0.15, 0.2) is 30.6 Å². The smallest absolute Gasteiger partial charge is 0.214 e. The molecule has 1 aliphatic carbocycles. The molecule has 1 aromatic carbocycles. The zero-order chi connectivity index (χ0) is 23.7. The van der Waals surface area contributed by atoms with Crippen molar-refractivity contribution in [3.8, 4) is 0 Å². The number of aromatic nitrogens is 6. The third-order valence-electron chi connectivity index (χ3n) is 7.25. The normalized spacial score (nSPS) is 21.0. The zero-order valence-electron chi connectivity index (χ0n) is 19.4.